The summed E-state index contributed by atoms with van der Waals surface area (Å²) in [6, 6.07) is 7.16. The number of carbonyl (C=O) groups is 2. The number of aliphatic hydroxyl groups is 1. The SMILES string of the molecule is NCc1nc(C(=O)N2CCC[C@@H]2C(=O)Nc2ccc(N3CCN(CO)CC3)cc2)co1. The van der Waals surface area contributed by atoms with Crippen molar-refractivity contribution in [3.05, 3.63) is 42.1 Å². The van der Waals surface area contributed by atoms with Gasteiger partial charge in [-0.2, -0.15) is 0 Å². The van der Waals surface area contributed by atoms with E-state index in [2.05, 4.69) is 15.2 Å². The molecule has 0 radical (unpaired) electrons. The van der Waals surface area contributed by atoms with Crippen LogP contribution in [-0.2, 0) is 11.3 Å². The third kappa shape index (κ3) is 4.71. The number of rotatable bonds is 6. The van der Waals surface area contributed by atoms with Crippen LogP contribution in [0.4, 0.5) is 11.4 Å². The number of oxazole rings is 1. The Hall–Kier alpha value is -2.95. The maximum absolute atomic E-state index is 12.9. The first-order valence-corrected chi connectivity index (χ1v) is 10.5. The average molecular weight is 428 g/mol. The monoisotopic (exact) mass is 428 g/mol. The highest BCUT2D eigenvalue weighted by Crippen LogP contribution is 2.23. The van der Waals surface area contributed by atoms with Gasteiger partial charge in [-0.25, -0.2) is 4.98 Å². The number of nitrogens with zero attached hydrogens (tertiary/aromatic N) is 4. The fourth-order valence-electron chi connectivity index (χ4n) is 4.06. The number of aromatic nitrogens is 1. The van der Waals surface area contributed by atoms with Crippen LogP contribution in [-0.4, -0.2) is 77.2 Å². The van der Waals surface area contributed by atoms with Gasteiger partial charge in [0, 0.05) is 44.1 Å². The first-order valence-electron chi connectivity index (χ1n) is 10.5. The molecule has 0 aliphatic carbocycles. The summed E-state index contributed by atoms with van der Waals surface area (Å²) >= 11 is 0. The van der Waals surface area contributed by atoms with Gasteiger partial charge in [0.05, 0.1) is 13.3 Å². The van der Waals surface area contributed by atoms with Crippen molar-refractivity contribution in [1.82, 2.24) is 14.8 Å². The van der Waals surface area contributed by atoms with Gasteiger partial charge in [0.2, 0.25) is 11.8 Å². The number of amides is 2. The Balaban J connectivity index is 1.36. The normalized spacial score (nSPS) is 19.6. The number of piperazine rings is 1. The van der Waals surface area contributed by atoms with Crippen LogP contribution in [0.3, 0.4) is 0 Å². The third-order valence-corrected chi connectivity index (χ3v) is 5.83. The minimum absolute atomic E-state index is 0.0876. The van der Waals surface area contributed by atoms with Crippen LogP contribution in [0.25, 0.3) is 0 Å². The Kier molecular flexibility index (Phi) is 6.50. The van der Waals surface area contributed by atoms with E-state index in [9.17, 15) is 14.7 Å². The maximum Gasteiger partial charge on any atom is 0.276 e. The lowest BCUT2D eigenvalue weighted by Crippen LogP contribution is -2.46. The van der Waals surface area contributed by atoms with Crippen molar-refractivity contribution < 1.29 is 19.1 Å². The molecule has 4 rings (SSSR count). The molecule has 1 atom stereocenters. The summed E-state index contributed by atoms with van der Waals surface area (Å²) in [6.45, 7) is 4.03. The van der Waals surface area contributed by atoms with E-state index in [0.717, 1.165) is 38.3 Å². The maximum atomic E-state index is 12.9. The minimum atomic E-state index is -0.545. The Labute approximate surface area is 180 Å². The summed E-state index contributed by atoms with van der Waals surface area (Å²) in [6.07, 6.45) is 2.65. The van der Waals surface area contributed by atoms with Crippen molar-refractivity contribution in [3.8, 4) is 0 Å². The second-order valence-corrected chi connectivity index (χ2v) is 7.77. The Morgan fingerprint density at radius 2 is 1.90 bits per heavy atom. The lowest BCUT2D eigenvalue weighted by molar-refractivity contribution is -0.119. The molecule has 0 unspecified atom stereocenters. The molecule has 2 aromatic rings. The minimum Gasteiger partial charge on any atom is -0.447 e. The van der Waals surface area contributed by atoms with E-state index in [1.165, 1.54) is 6.26 Å². The standard InChI is InChI=1S/C21H28N6O4/c22-12-19-24-17(13-31-19)21(30)27-7-1-2-18(27)20(29)23-15-3-5-16(6-4-15)26-10-8-25(14-28)9-11-26/h3-6,13,18,28H,1-2,7-12,14,22H2,(H,23,29)/t18-/m1/s1. The first kappa shape index (κ1) is 21.3. The molecule has 2 fully saturated rings. The second kappa shape index (κ2) is 9.46. The number of carbonyl (C=O) groups excluding carboxylic acids is 2. The van der Waals surface area contributed by atoms with Gasteiger partial charge in [-0.3, -0.25) is 14.5 Å². The van der Waals surface area contributed by atoms with Crippen molar-refractivity contribution in [3.63, 3.8) is 0 Å². The number of nitrogens with one attached hydrogen (secondary N) is 1. The van der Waals surface area contributed by atoms with Crippen LogP contribution < -0.4 is 16.0 Å². The lowest BCUT2D eigenvalue weighted by atomic mass is 10.2. The molecule has 2 aliphatic rings. The van der Waals surface area contributed by atoms with Gasteiger partial charge in [-0.1, -0.05) is 0 Å². The van der Waals surface area contributed by atoms with E-state index in [1.54, 1.807) is 4.90 Å². The van der Waals surface area contributed by atoms with Crippen molar-refractivity contribution in [2.75, 3.05) is 49.7 Å². The van der Waals surface area contributed by atoms with Crippen LogP contribution in [0.2, 0.25) is 0 Å². The molecule has 2 amide bonds. The predicted octanol–water partition coefficient (Wildman–Crippen LogP) is 0.448. The molecule has 0 saturated carbocycles. The van der Waals surface area contributed by atoms with E-state index in [0.29, 0.717) is 24.5 Å². The van der Waals surface area contributed by atoms with Crippen LogP contribution in [0.1, 0.15) is 29.2 Å². The zero-order valence-corrected chi connectivity index (χ0v) is 17.4. The van der Waals surface area contributed by atoms with Crippen LogP contribution in [0.15, 0.2) is 34.9 Å². The highest BCUT2D eigenvalue weighted by Gasteiger charge is 2.35. The number of hydrogen-bond acceptors (Lipinski definition) is 8. The van der Waals surface area contributed by atoms with Gasteiger partial charge in [0.25, 0.3) is 5.91 Å². The molecule has 0 bridgehead atoms. The number of likely N-dealkylation sites (tertiary alicyclic amines) is 1. The van der Waals surface area contributed by atoms with E-state index < -0.39 is 6.04 Å². The molecular formula is C21H28N6O4. The topological polar surface area (TPSA) is 128 Å². The van der Waals surface area contributed by atoms with E-state index >= 15 is 0 Å². The van der Waals surface area contributed by atoms with Crippen molar-refractivity contribution in [2.24, 2.45) is 5.73 Å². The number of nitrogens with two attached hydrogens (primary N) is 1. The molecule has 31 heavy (non-hydrogen) atoms. The number of aliphatic hydroxyl groups excluding tert-OH is 1. The van der Waals surface area contributed by atoms with Gasteiger partial charge in [-0.05, 0) is 37.1 Å². The molecule has 2 saturated heterocycles. The molecule has 1 aromatic heterocycles. The average Bonchev–Trinajstić information content (AvgIpc) is 3.49. The van der Waals surface area contributed by atoms with Gasteiger partial charge in [0.15, 0.2) is 5.69 Å². The van der Waals surface area contributed by atoms with Gasteiger partial charge in [0.1, 0.15) is 12.3 Å². The molecule has 10 heteroatoms. The lowest BCUT2D eigenvalue weighted by Gasteiger charge is -2.35. The highest BCUT2D eigenvalue weighted by atomic mass is 16.3. The molecule has 1 aromatic carbocycles. The number of anilines is 2. The van der Waals surface area contributed by atoms with Crippen molar-refractivity contribution in [1.29, 1.82) is 0 Å². The number of benzene rings is 1. The van der Waals surface area contributed by atoms with Gasteiger partial charge < -0.3 is 30.4 Å². The largest absolute Gasteiger partial charge is 0.447 e. The van der Waals surface area contributed by atoms with Crippen molar-refractivity contribution >= 4 is 23.2 Å². The summed E-state index contributed by atoms with van der Waals surface area (Å²) in [7, 11) is 0. The zero-order chi connectivity index (χ0) is 21.8. The van der Waals surface area contributed by atoms with Crippen LogP contribution >= 0.6 is 0 Å². The zero-order valence-electron chi connectivity index (χ0n) is 17.4. The summed E-state index contributed by atoms with van der Waals surface area (Å²) in [5.41, 5.74) is 7.43. The van der Waals surface area contributed by atoms with Crippen LogP contribution in [0.5, 0.6) is 0 Å². The summed E-state index contributed by atoms with van der Waals surface area (Å²) in [5.74, 6) is -0.238. The van der Waals surface area contributed by atoms with Crippen molar-refractivity contribution in [2.45, 2.75) is 25.4 Å². The van der Waals surface area contributed by atoms with Gasteiger partial charge >= 0.3 is 0 Å². The molecule has 0 spiro atoms. The van der Waals surface area contributed by atoms with E-state index in [4.69, 9.17) is 10.2 Å². The molecule has 10 nitrogen and oxygen atoms in total. The highest BCUT2D eigenvalue weighted by molar-refractivity contribution is 6.00. The number of hydrogen-bond donors (Lipinski definition) is 3. The molecule has 2 aliphatic heterocycles. The third-order valence-electron chi connectivity index (χ3n) is 5.83. The Morgan fingerprint density at radius 1 is 1.16 bits per heavy atom. The summed E-state index contributed by atoms with van der Waals surface area (Å²) in [4.78, 5) is 35.5. The molecular weight excluding hydrogens is 400 g/mol. The summed E-state index contributed by atoms with van der Waals surface area (Å²) in [5, 5.41) is 12.1. The predicted molar refractivity (Wildman–Crippen MR) is 114 cm³/mol. The van der Waals surface area contributed by atoms with Gasteiger partial charge in [-0.15, -0.1) is 0 Å². The quantitative estimate of drug-likeness (QED) is 0.605. The Morgan fingerprint density at radius 3 is 2.55 bits per heavy atom. The smallest absolute Gasteiger partial charge is 0.276 e. The fraction of sp³-hybridized carbons (Fsp3) is 0.476. The molecule has 166 valence electrons. The fourth-order valence-corrected chi connectivity index (χ4v) is 4.06. The first-order chi connectivity index (χ1) is 15.1. The summed E-state index contributed by atoms with van der Waals surface area (Å²) < 4.78 is 5.16. The molecule has 3 heterocycles. The second-order valence-electron chi connectivity index (χ2n) is 7.77. The molecule has 4 N–H and O–H groups in total. The van der Waals surface area contributed by atoms with E-state index in [-0.39, 0.29) is 30.8 Å². The Bertz CT molecular complexity index is 907. The van der Waals surface area contributed by atoms with E-state index in [1.807, 2.05) is 29.2 Å². The van der Waals surface area contributed by atoms with Crippen LogP contribution in [0, 0.1) is 0 Å².